The lowest BCUT2D eigenvalue weighted by Crippen LogP contribution is -2.18. The Bertz CT molecular complexity index is 763. The number of halogens is 1. The van der Waals surface area contributed by atoms with Crippen molar-refractivity contribution in [2.45, 2.75) is 19.4 Å². The van der Waals surface area contributed by atoms with Gasteiger partial charge < -0.3 is 9.73 Å². The summed E-state index contributed by atoms with van der Waals surface area (Å²) in [5.41, 5.74) is 3.29. The summed E-state index contributed by atoms with van der Waals surface area (Å²) in [5, 5.41) is 5.31. The van der Waals surface area contributed by atoms with E-state index >= 15 is 0 Å². The van der Waals surface area contributed by atoms with Gasteiger partial charge in [0.15, 0.2) is 0 Å². The van der Waals surface area contributed by atoms with Crippen molar-refractivity contribution in [2.24, 2.45) is 0 Å². The fraction of sp³-hybridized carbons (Fsp3) is 0.222. The largest absolute Gasteiger partial charge is 0.461 e. The molecule has 3 heteroatoms. The van der Waals surface area contributed by atoms with Crippen LogP contribution in [0.5, 0.6) is 0 Å². The van der Waals surface area contributed by atoms with E-state index < -0.39 is 0 Å². The number of benzene rings is 2. The Balaban J connectivity index is 2.21. The highest BCUT2D eigenvalue weighted by Crippen LogP contribution is 2.35. The van der Waals surface area contributed by atoms with E-state index in [4.69, 9.17) is 16.0 Å². The summed E-state index contributed by atoms with van der Waals surface area (Å²) in [6.07, 6.45) is 0.864. The Hall–Kier alpha value is -1.77. The Morgan fingerprint density at radius 2 is 1.95 bits per heavy atom. The molecule has 0 fully saturated rings. The van der Waals surface area contributed by atoms with Gasteiger partial charge >= 0.3 is 0 Å². The van der Waals surface area contributed by atoms with E-state index in [9.17, 15) is 0 Å². The molecule has 3 rings (SSSR count). The van der Waals surface area contributed by atoms with Crippen LogP contribution in [0.2, 0.25) is 5.02 Å². The summed E-state index contributed by atoms with van der Waals surface area (Å²) in [6, 6.07) is 16.2. The highest BCUT2D eigenvalue weighted by molar-refractivity contribution is 6.30. The fourth-order valence-corrected chi connectivity index (χ4v) is 3.06. The lowest BCUT2D eigenvalue weighted by Gasteiger charge is -2.17. The highest BCUT2D eigenvalue weighted by atomic mass is 35.5. The first kappa shape index (κ1) is 14.2. The molecular formula is C18H18ClNO. The maximum atomic E-state index is 6.15. The number of aryl methyl sites for hydroxylation is 1. The summed E-state index contributed by atoms with van der Waals surface area (Å²) in [5.74, 6) is 1.02. The summed E-state index contributed by atoms with van der Waals surface area (Å²) in [4.78, 5) is 0. The summed E-state index contributed by atoms with van der Waals surface area (Å²) >= 11 is 6.15. The van der Waals surface area contributed by atoms with Crippen molar-refractivity contribution in [3.05, 3.63) is 70.4 Å². The Morgan fingerprint density at radius 1 is 1.14 bits per heavy atom. The van der Waals surface area contributed by atoms with Crippen molar-refractivity contribution >= 4 is 22.6 Å². The van der Waals surface area contributed by atoms with Crippen LogP contribution >= 0.6 is 11.6 Å². The molecule has 0 bridgehead atoms. The minimum atomic E-state index is 0.0716. The molecule has 108 valence electrons. The average molecular weight is 300 g/mol. The van der Waals surface area contributed by atoms with Crippen molar-refractivity contribution in [1.82, 2.24) is 5.32 Å². The summed E-state index contributed by atoms with van der Waals surface area (Å²) in [6.45, 7) is 2.12. The van der Waals surface area contributed by atoms with Crippen molar-refractivity contribution < 1.29 is 4.42 Å². The zero-order valence-corrected chi connectivity index (χ0v) is 12.9. The van der Waals surface area contributed by atoms with Crippen molar-refractivity contribution in [1.29, 1.82) is 0 Å². The lowest BCUT2D eigenvalue weighted by molar-refractivity contribution is 0.539. The third-order valence-corrected chi connectivity index (χ3v) is 4.03. The van der Waals surface area contributed by atoms with Crippen molar-refractivity contribution in [3.63, 3.8) is 0 Å². The highest BCUT2D eigenvalue weighted by Gasteiger charge is 2.22. The van der Waals surface area contributed by atoms with Gasteiger partial charge in [-0.2, -0.15) is 0 Å². The molecule has 1 aromatic heterocycles. The van der Waals surface area contributed by atoms with Crippen LogP contribution in [-0.2, 0) is 6.42 Å². The predicted octanol–water partition coefficient (Wildman–Crippen LogP) is 4.96. The fourth-order valence-electron chi connectivity index (χ4n) is 2.86. The minimum absolute atomic E-state index is 0.0716. The van der Waals surface area contributed by atoms with Gasteiger partial charge in [-0.15, -0.1) is 0 Å². The third kappa shape index (κ3) is 2.57. The van der Waals surface area contributed by atoms with Gasteiger partial charge in [0.2, 0.25) is 0 Å². The van der Waals surface area contributed by atoms with Crippen LogP contribution in [0.4, 0.5) is 0 Å². The molecule has 0 aliphatic heterocycles. The second kappa shape index (κ2) is 5.92. The van der Waals surface area contributed by atoms with Crippen LogP contribution < -0.4 is 5.32 Å². The van der Waals surface area contributed by atoms with Gasteiger partial charge in [-0.3, -0.25) is 0 Å². The molecule has 1 N–H and O–H groups in total. The summed E-state index contributed by atoms with van der Waals surface area (Å²) in [7, 11) is 1.97. The van der Waals surface area contributed by atoms with Gasteiger partial charge in [-0.05, 0) is 30.8 Å². The molecule has 2 aromatic carbocycles. The van der Waals surface area contributed by atoms with E-state index in [1.807, 2.05) is 43.4 Å². The van der Waals surface area contributed by atoms with E-state index in [0.29, 0.717) is 0 Å². The van der Waals surface area contributed by atoms with E-state index in [-0.39, 0.29) is 6.04 Å². The van der Waals surface area contributed by atoms with E-state index in [1.54, 1.807) is 0 Å². The number of fused-ring (bicyclic) bond motifs is 1. The smallest absolute Gasteiger partial charge is 0.134 e. The molecule has 2 nitrogen and oxygen atoms in total. The van der Waals surface area contributed by atoms with Crippen LogP contribution in [0.25, 0.3) is 11.0 Å². The Morgan fingerprint density at radius 3 is 2.67 bits per heavy atom. The van der Waals surface area contributed by atoms with E-state index in [1.165, 1.54) is 5.56 Å². The second-order valence-electron chi connectivity index (χ2n) is 5.07. The van der Waals surface area contributed by atoms with Gasteiger partial charge in [0.05, 0.1) is 6.04 Å². The standard InChI is InChI=1S/C18H18ClNO/c1-3-15-17(14-9-4-5-10-16(14)21-15)18(20-2)12-7-6-8-13(19)11-12/h4-11,18,20H,3H2,1-2H3. The third-order valence-electron chi connectivity index (χ3n) is 3.79. The molecule has 0 saturated carbocycles. The van der Waals surface area contributed by atoms with E-state index in [2.05, 4.69) is 24.4 Å². The van der Waals surface area contributed by atoms with Crippen LogP contribution in [0.3, 0.4) is 0 Å². The molecular weight excluding hydrogens is 282 g/mol. The molecule has 21 heavy (non-hydrogen) atoms. The van der Waals surface area contributed by atoms with E-state index in [0.717, 1.165) is 33.7 Å². The molecule has 0 aliphatic carbocycles. The quantitative estimate of drug-likeness (QED) is 0.737. The van der Waals surface area contributed by atoms with Crippen LogP contribution in [0.15, 0.2) is 52.9 Å². The number of hydrogen-bond acceptors (Lipinski definition) is 2. The molecule has 1 unspecified atom stereocenters. The van der Waals surface area contributed by atoms with Gasteiger partial charge in [0.1, 0.15) is 11.3 Å². The summed E-state index contributed by atoms with van der Waals surface area (Å²) < 4.78 is 6.01. The number of hydrogen-bond donors (Lipinski definition) is 1. The normalized spacial score (nSPS) is 12.7. The van der Waals surface area contributed by atoms with Crippen molar-refractivity contribution in [2.75, 3.05) is 7.05 Å². The second-order valence-corrected chi connectivity index (χ2v) is 5.50. The topological polar surface area (TPSA) is 25.2 Å². The molecule has 1 atom stereocenters. The number of nitrogens with one attached hydrogen (secondary N) is 1. The number of furan rings is 1. The number of para-hydroxylation sites is 1. The van der Waals surface area contributed by atoms with Gasteiger partial charge in [-0.1, -0.05) is 48.9 Å². The monoisotopic (exact) mass is 299 g/mol. The molecule has 0 amide bonds. The molecule has 0 aliphatic rings. The van der Waals surface area contributed by atoms with Crippen LogP contribution in [-0.4, -0.2) is 7.05 Å². The molecule has 0 saturated heterocycles. The van der Waals surface area contributed by atoms with Gasteiger partial charge in [0, 0.05) is 22.4 Å². The number of rotatable bonds is 4. The SMILES string of the molecule is CCc1oc2ccccc2c1C(NC)c1cccc(Cl)c1. The Kier molecular flexibility index (Phi) is 4.00. The Labute approximate surface area is 129 Å². The first-order chi connectivity index (χ1) is 10.2. The lowest BCUT2D eigenvalue weighted by atomic mass is 9.95. The zero-order chi connectivity index (χ0) is 14.8. The van der Waals surface area contributed by atoms with Crippen LogP contribution in [0.1, 0.15) is 29.9 Å². The van der Waals surface area contributed by atoms with Gasteiger partial charge in [-0.25, -0.2) is 0 Å². The molecule has 1 heterocycles. The first-order valence-corrected chi connectivity index (χ1v) is 7.55. The van der Waals surface area contributed by atoms with Gasteiger partial charge in [0.25, 0.3) is 0 Å². The minimum Gasteiger partial charge on any atom is -0.461 e. The zero-order valence-electron chi connectivity index (χ0n) is 12.2. The molecule has 0 spiro atoms. The van der Waals surface area contributed by atoms with Crippen molar-refractivity contribution in [3.8, 4) is 0 Å². The average Bonchev–Trinajstić information content (AvgIpc) is 2.87. The molecule has 0 radical (unpaired) electrons. The van der Waals surface area contributed by atoms with Crippen LogP contribution in [0, 0.1) is 0 Å². The molecule has 3 aromatic rings. The predicted molar refractivity (Wildman–Crippen MR) is 87.9 cm³/mol. The maximum Gasteiger partial charge on any atom is 0.134 e. The first-order valence-electron chi connectivity index (χ1n) is 7.17. The maximum absolute atomic E-state index is 6.15.